The molecule has 4 nitrogen and oxygen atoms in total. The Morgan fingerprint density at radius 3 is 2.16 bits per heavy atom. The van der Waals surface area contributed by atoms with Crippen molar-refractivity contribution in [2.45, 2.75) is 0 Å². The minimum atomic E-state index is -0.961. The van der Waals surface area contributed by atoms with E-state index in [2.05, 4.69) is 31.9 Å². The molecule has 0 unspecified atom stereocenters. The van der Waals surface area contributed by atoms with Gasteiger partial charge in [-0.05, 0) is 31.9 Å². The van der Waals surface area contributed by atoms with Gasteiger partial charge in [-0.1, -0.05) is 0 Å². The number of halogens is 2. The SMILES string of the molecule is COc1c(Br)csc1C(=O)O.COc1cscc1Br. The van der Waals surface area contributed by atoms with Gasteiger partial charge in [0.25, 0.3) is 0 Å². The van der Waals surface area contributed by atoms with E-state index in [0.29, 0.717) is 10.2 Å². The molecule has 0 saturated heterocycles. The molecule has 0 aromatic carbocycles. The number of hydrogen-bond donors (Lipinski definition) is 1. The Hall–Kier alpha value is -0.570. The van der Waals surface area contributed by atoms with E-state index in [1.807, 2.05) is 10.8 Å². The van der Waals surface area contributed by atoms with Crippen LogP contribution in [0.3, 0.4) is 0 Å². The van der Waals surface area contributed by atoms with Crippen molar-refractivity contribution in [1.29, 1.82) is 0 Å². The summed E-state index contributed by atoms with van der Waals surface area (Å²) in [6.07, 6.45) is 0. The highest BCUT2D eigenvalue weighted by Crippen LogP contribution is 2.34. The fourth-order valence-electron chi connectivity index (χ4n) is 1.08. The summed E-state index contributed by atoms with van der Waals surface area (Å²) in [5, 5.41) is 14.2. The lowest BCUT2D eigenvalue weighted by molar-refractivity contribution is 0.0699. The lowest BCUT2D eigenvalue weighted by Crippen LogP contribution is -1.95. The van der Waals surface area contributed by atoms with Gasteiger partial charge in [0.2, 0.25) is 0 Å². The summed E-state index contributed by atoms with van der Waals surface area (Å²) in [5.74, 6) is 0.343. The number of carboxylic acid groups (broad SMARTS) is 1. The fraction of sp³-hybridized carbons (Fsp3) is 0.182. The van der Waals surface area contributed by atoms with Crippen molar-refractivity contribution in [2.24, 2.45) is 0 Å². The van der Waals surface area contributed by atoms with Gasteiger partial charge in [-0.3, -0.25) is 0 Å². The maximum atomic E-state index is 10.5. The Morgan fingerprint density at radius 1 is 1.16 bits per heavy atom. The van der Waals surface area contributed by atoms with Gasteiger partial charge in [0.15, 0.2) is 10.6 Å². The van der Waals surface area contributed by atoms with Gasteiger partial charge < -0.3 is 14.6 Å². The molecule has 1 N–H and O–H groups in total. The smallest absolute Gasteiger partial charge is 0.349 e. The molecular formula is C11H10Br2O4S2. The molecule has 2 rings (SSSR count). The third kappa shape index (κ3) is 4.48. The first-order valence-corrected chi connectivity index (χ1v) is 8.22. The van der Waals surface area contributed by atoms with Gasteiger partial charge in [-0.15, -0.1) is 22.7 Å². The van der Waals surface area contributed by atoms with Gasteiger partial charge in [0.05, 0.1) is 23.2 Å². The number of carbonyl (C=O) groups is 1. The van der Waals surface area contributed by atoms with Gasteiger partial charge in [0.1, 0.15) is 5.75 Å². The summed E-state index contributed by atoms with van der Waals surface area (Å²) >= 11 is 9.24. The Labute approximate surface area is 135 Å². The first-order valence-electron chi connectivity index (χ1n) is 4.81. The molecule has 2 aromatic rings. The second-order valence-corrected chi connectivity index (χ2v) is 6.37. The summed E-state index contributed by atoms with van der Waals surface area (Å²) in [4.78, 5) is 10.7. The number of hydrogen-bond acceptors (Lipinski definition) is 5. The molecule has 0 bridgehead atoms. The van der Waals surface area contributed by atoms with Crippen LogP contribution >= 0.6 is 54.5 Å². The van der Waals surface area contributed by atoms with Crippen LogP contribution in [0.15, 0.2) is 25.1 Å². The molecule has 2 heterocycles. The molecule has 0 aliphatic heterocycles. The molecule has 0 fully saturated rings. The van der Waals surface area contributed by atoms with E-state index in [1.165, 1.54) is 7.11 Å². The highest BCUT2D eigenvalue weighted by atomic mass is 79.9. The zero-order valence-electron chi connectivity index (χ0n) is 9.98. The van der Waals surface area contributed by atoms with E-state index in [-0.39, 0.29) is 4.88 Å². The van der Waals surface area contributed by atoms with Gasteiger partial charge >= 0.3 is 5.97 Å². The Bertz CT molecular complexity index is 551. The zero-order chi connectivity index (χ0) is 14.4. The highest BCUT2D eigenvalue weighted by molar-refractivity contribution is 9.11. The molecule has 0 saturated carbocycles. The van der Waals surface area contributed by atoms with E-state index >= 15 is 0 Å². The summed E-state index contributed by atoms with van der Waals surface area (Å²) in [6.45, 7) is 0. The van der Waals surface area contributed by atoms with Crippen LogP contribution in [0.5, 0.6) is 11.5 Å². The summed E-state index contributed by atoms with van der Waals surface area (Å²) in [5.41, 5.74) is 0. The maximum Gasteiger partial charge on any atom is 0.349 e. The van der Waals surface area contributed by atoms with E-state index < -0.39 is 5.97 Å². The Balaban J connectivity index is 0.000000200. The zero-order valence-corrected chi connectivity index (χ0v) is 14.8. The first-order chi connectivity index (χ1) is 9.01. The molecule has 0 spiro atoms. The number of rotatable bonds is 3. The van der Waals surface area contributed by atoms with E-state index in [0.717, 1.165) is 21.6 Å². The van der Waals surface area contributed by atoms with Crippen molar-refractivity contribution in [1.82, 2.24) is 0 Å². The van der Waals surface area contributed by atoms with E-state index in [1.54, 1.807) is 23.8 Å². The molecule has 8 heteroatoms. The number of aromatic carboxylic acids is 1. The average molecular weight is 430 g/mol. The van der Waals surface area contributed by atoms with Crippen LogP contribution in [0.1, 0.15) is 9.67 Å². The topological polar surface area (TPSA) is 55.8 Å². The minimum absolute atomic E-state index is 0.222. The summed E-state index contributed by atoms with van der Waals surface area (Å²) < 4.78 is 11.5. The van der Waals surface area contributed by atoms with E-state index in [9.17, 15) is 4.79 Å². The standard InChI is InChI=1S/C6H5BrO3S.C5H5BrOS/c1-10-4-3(7)2-11-5(4)6(8)9;1-7-5-3-8-2-4(5)6/h2H,1H3,(H,8,9);2-3H,1H3. The summed E-state index contributed by atoms with van der Waals surface area (Å²) in [6, 6.07) is 0. The molecule has 19 heavy (non-hydrogen) atoms. The van der Waals surface area contributed by atoms with Crippen LogP contribution in [0, 0.1) is 0 Å². The number of thiophene rings is 2. The predicted molar refractivity (Wildman–Crippen MR) is 84.1 cm³/mol. The lowest BCUT2D eigenvalue weighted by atomic mass is 10.4. The van der Waals surface area contributed by atoms with Crippen molar-refractivity contribution in [3.8, 4) is 11.5 Å². The highest BCUT2D eigenvalue weighted by Gasteiger charge is 2.15. The van der Waals surface area contributed by atoms with Crippen LogP contribution in [0.4, 0.5) is 0 Å². The molecule has 2 aromatic heterocycles. The van der Waals surface area contributed by atoms with Crippen molar-refractivity contribution in [3.63, 3.8) is 0 Å². The molecule has 0 atom stereocenters. The van der Waals surface area contributed by atoms with Crippen LogP contribution in [-0.4, -0.2) is 25.3 Å². The Morgan fingerprint density at radius 2 is 1.84 bits per heavy atom. The monoisotopic (exact) mass is 428 g/mol. The molecular weight excluding hydrogens is 420 g/mol. The summed E-state index contributed by atoms with van der Waals surface area (Å²) in [7, 11) is 3.10. The molecule has 104 valence electrons. The molecule has 0 radical (unpaired) electrons. The number of methoxy groups -OCH3 is 2. The minimum Gasteiger partial charge on any atom is -0.495 e. The second kappa shape index (κ2) is 7.88. The van der Waals surface area contributed by atoms with Crippen molar-refractivity contribution >= 4 is 60.5 Å². The van der Waals surface area contributed by atoms with Crippen molar-refractivity contribution in [2.75, 3.05) is 14.2 Å². The van der Waals surface area contributed by atoms with Gasteiger partial charge in [-0.25, -0.2) is 4.79 Å². The third-order valence-corrected chi connectivity index (χ3v) is 5.39. The number of carboxylic acids is 1. The van der Waals surface area contributed by atoms with Crippen LogP contribution in [-0.2, 0) is 0 Å². The van der Waals surface area contributed by atoms with Crippen LogP contribution in [0.25, 0.3) is 0 Å². The number of ether oxygens (including phenoxy) is 2. The fourth-order valence-corrected chi connectivity index (χ4v) is 3.98. The molecule has 0 amide bonds. The maximum absolute atomic E-state index is 10.5. The molecule has 0 aliphatic carbocycles. The van der Waals surface area contributed by atoms with Crippen LogP contribution < -0.4 is 9.47 Å². The van der Waals surface area contributed by atoms with Crippen molar-refractivity contribution < 1.29 is 19.4 Å². The Kier molecular flexibility index (Phi) is 6.84. The second-order valence-electron chi connectivity index (χ2n) is 3.04. The average Bonchev–Trinajstić information content (AvgIpc) is 2.95. The molecule has 0 aliphatic rings. The van der Waals surface area contributed by atoms with Gasteiger partial charge in [0, 0.05) is 16.1 Å². The van der Waals surface area contributed by atoms with Crippen LogP contribution in [0.2, 0.25) is 0 Å². The predicted octanol–water partition coefficient (Wildman–Crippen LogP) is 4.74. The quantitative estimate of drug-likeness (QED) is 0.765. The first kappa shape index (κ1) is 16.5. The van der Waals surface area contributed by atoms with Gasteiger partial charge in [-0.2, -0.15) is 0 Å². The lowest BCUT2D eigenvalue weighted by Gasteiger charge is -1.97. The van der Waals surface area contributed by atoms with Crippen molar-refractivity contribution in [3.05, 3.63) is 30.0 Å². The normalized spacial score (nSPS) is 9.47. The largest absolute Gasteiger partial charge is 0.495 e. The third-order valence-electron chi connectivity index (χ3n) is 1.90. The van der Waals surface area contributed by atoms with E-state index in [4.69, 9.17) is 14.6 Å².